The van der Waals surface area contributed by atoms with E-state index in [1.54, 1.807) is 0 Å². The fourth-order valence-corrected chi connectivity index (χ4v) is 0.993. The Morgan fingerprint density at radius 2 is 2.08 bits per heavy atom. The van der Waals surface area contributed by atoms with E-state index in [0.29, 0.717) is 6.61 Å². The second-order valence-electron chi connectivity index (χ2n) is 2.36. The van der Waals surface area contributed by atoms with Crippen molar-refractivity contribution < 1.29 is 9.53 Å². The molecule has 12 heavy (non-hydrogen) atoms. The molecule has 0 aromatic heterocycles. The van der Waals surface area contributed by atoms with Crippen molar-refractivity contribution in [2.75, 3.05) is 6.61 Å². The summed E-state index contributed by atoms with van der Waals surface area (Å²) in [5.41, 5.74) is 0.856. The number of hydrogen-bond donors (Lipinski definition) is 0. The molecule has 0 spiro atoms. The third kappa shape index (κ3) is 2.17. The summed E-state index contributed by atoms with van der Waals surface area (Å²) in [5.74, 6) is 0. The Bertz CT molecular complexity index is 231. The fraction of sp³-hybridized carbons (Fsp3) is 0.300. The number of hydrogen-bond acceptors (Lipinski definition) is 2. The molecule has 1 atom stereocenters. The molecule has 0 aliphatic carbocycles. The minimum absolute atomic E-state index is 0.523. The van der Waals surface area contributed by atoms with Crippen LogP contribution in [0.25, 0.3) is 0 Å². The van der Waals surface area contributed by atoms with Crippen LogP contribution in [0.5, 0.6) is 0 Å². The minimum atomic E-state index is -0.531. The molecule has 0 N–H and O–H groups in total. The van der Waals surface area contributed by atoms with E-state index in [2.05, 4.69) is 0 Å². The molecule has 1 rings (SSSR count). The molecule has 0 saturated heterocycles. The van der Waals surface area contributed by atoms with Gasteiger partial charge < -0.3 is 4.74 Å². The van der Waals surface area contributed by atoms with Crippen LogP contribution in [0, 0.1) is 0 Å². The van der Waals surface area contributed by atoms with Gasteiger partial charge in [-0.05, 0) is 12.5 Å². The van der Waals surface area contributed by atoms with Gasteiger partial charge in [-0.1, -0.05) is 30.3 Å². The maximum atomic E-state index is 10.4. The first-order valence-electron chi connectivity index (χ1n) is 3.92. The highest BCUT2D eigenvalue weighted by molar-refractivity contribution is 5.60. The molecule has 0 bridgehead atoms. The molecule has 1 aromatic carbocycles. The zero-order valence-corrected chi connectivity index (χ0v) is 6.99. The van der Waals surface area contributed by atoms with E-state index < -0.39 is 6.10 Å². The molecule has 0 aliphatic heterocycles. The van der Waals surface area contributed by atoms with Crippen molar-refractivity contribution in [1.82, 2.24) is 0 Å². The average Bonchev–Trinajstić information content (AvgIpc) is 2.15. The van der Waals surface area contributed by atoms with E-state index in [4.69, 9.17) is 4.74 Å². The summed E-state index contributed by atoms with van der Waals surface area (Å²) in [7, 11) is 0. The Labute approximate surface area is 72.2 Å². The summed E-state index contributed by atoms with van der Waals surface area (Å²) in [6, 6.07) is 9.35. The minimum Gasteiger partial charge on any atom is -0.365 e. The van der Waals surface area contributed by atoms with Gasteiger partial charge in [-0.25, -0.2) is 0 Å². The van der Waals surface area contributed by atoms with Crippen molar-refractivity contribution in [2.45, 2.75) is 13.0 Å². The van der Waals surface area contributed by atoms with E-state index in [1.807, 2.05) is 43.5 Å². The summed E-state index contributed by atoms with van der Waals surface area (Å²) in [4.78, 5) is 10.4. The Hall–Kier alpha value is -1.15. The molecular formula is C10H11O2. The molecule has 63 valence electrons. The Morgan fingerprint density at radius 1 is 1.42 bits per heavy atom. The highest BCUT2D eigenvalue weighted by Crippen LogP contribution is 2.13. The molecule has 1 aromatic rings. The van der Waals surface area contributed by atoms with Crippen LogP contribution < -0.4 is 0 Å². The van der Waals surface area contributed by atoms with Crippen LogP contribution in [0.2, 0.25) is 0 Å². The molecule has 0 heterocycles. The van der Waals surface area contributed by atoms with Crippen molar-refractivity contribution in [2.24, 2.45) is 0 Å². The number of ether oxygens (including phenoxy) is 1. The third-order valence-corrected chi connectivity index (χ3v) is 1.54. The van der Waals surface area contributed by atoms with Gasteiger partial charge in [0.05, 0.1) is 0 Å². The van der Waals surface area contributed by atoms with Gasteiger partial charge in [0.25, 0.3) is 0 Å². The largest absolute Gasteiger partial charge is 0.365 e. The van der Waals surface area contributed by atoms with Crippen LogP contribution in [-0.2, 0) is 9.53 Å². The van der Waals surface area contributed by atoms with Gasteiger partial charge in [0.2, 0.25) is 6.29 Å². The van der Waals surface area contributed by atoms with Gasteiger partial charge in [0.15, 0.2) is 0 Å². The highest BCUT2D eigenvalue weighted by Gasteiger charge is 2.09. The topological polar surface area (TPSA) is 26.3 Å². The Kier molecular flexibility index (Phi) is 3.48. The Balaban J connectivity index is 2.73. The van der Waals surface area contributed by atoms with Gasteiger partial charge in [0.1, 0.15) is 6.10 Å². The highest BCUT2D eigenvalue weighted by atomic mass is 16.5. The van der Waals surface area contributed by atoms with Crippen LogP contribution in [0.1, 0.15) is 18.6 Å². The van der Waals surface area contributed by atoms with Gasteiger partial charge in [-0.2, -0.15) is 0 Å². The van der Waals surface area contributed by atoms with E-state index in [-0.39, 0.29) is 0 Å². The summed E-state index contributed by atoms with van der Waals surface area (Å²) < 4.78 is 5.15. The van der Waals surface area contributed by atoms with Gasteiger partial charge in [0, 0.05) is 6.61 Å². The van der Waals surface area contributed by atoms with E-state index in [0.717, 1.165) is 5.56 Å². The molecule has 0 amide bonds. The maximum absolute atomic E-state index is 10.4. The molecule has 0 saturated carbocycles. The van der Waals surface area contributed by atoms with Crippen molar-refractivity contribution in [1.29, 1.82) is 0 Å². The lowest BCUT2D eigenvalue weighted by Gasteiger charge is -2.08. The molecule has 0 aliphatic rings. The molecule has 1 radical (unpaired) electrons. The number of benzene rings is 1. The van der Waals surface area contributed by atoms with E-state index in [1.165, 1.54) is 0 Å². The smallest absolute Gasteiger partial charge is 0.234 e. The van der Waals surface area contributed by atoms with Gasteiger partial charge in [-0.3, -0.25) is 4.79 Å². The van der Waals surface area contributed by atoms with Crippen molar-refractivity contribution in [3.63, 3.8) is 0 Å². The maximum Gasteiger partial charge on any atom is 0.234 e. The molecule has 2 heteroatoms. The van der Waals surface area contributed by atoms with Crippen LogP contribution in [0.15, 0.2) is 30.3 Å². The predicted octanol–water partition coefficient (Wildman–Crippen LogP) is 1.87. The second kappa shape index (κ2) is 4.67. The second-order valence-corrected chi connectivity index (χ2v) is 2.36. The predicted molar refractivity (Wildman–Crippen MR) is 46.5 cm³/mol. The number of rotatable bonds is 4. The van der Waals surface area contributed by atoms with Crippen molar-refractivity contribution >= 4 is 6.29 Å². The first kappa shape index (κ1) is 8.94. The summed E-state index contributed by atoms with van der Waals surface area (Å²) in [6.45, 7) is 2.38. The third-order valence-electron chi connectivity index (χ3n) is 1.54. The van der Waals surface area contributed by atoms with Gasteiger partial charge in [-0.15, -0.1) is 0 Å². The molecule has 0 unspecified atom stereocenters. The van der Waals surface area contributed by atoms with Crippen LogP contribution in [0.4, 0.5) is 0 Å². The quantitative estimate of drug-likeness (QED) is 0.677. The van der Waals surface area contributed by atoms with Gasteiger partial charge >= 0.3 is 0 Å². The molecular weight excluding hydrogens is 152 g/mol. The van der Waals surface area contributed by atoms with Crippen LogP contribution in [-0.4, -0.2) is 12.9 Å². The van der Waals surface area contributed by atoms with Crippen molar-refractivity contribution in [3.8, 4) is 0 Å². The van der Waals surface area contributed by atoms with E-state index >= 15 is 0 Å². The lowest BCUT2D eigenvalue weighted by molar-refractivity contribution is 0.108. The Morgan fingerprint density at radius 3 is 2.58 bits per heavy atom. The van der Waals surface area contributed by atoms with Crippen LogP contribution in [0.3, 0.4) is 0 Å². The summed E-state index contributed by atoms with van der Waals surface area (Å²) >= 11 is 0. The normalized spacial score (nSPS) is 12.4. The lowest BCUT2D eigenvalue weighted by Crippen LogP contribution is -2.04. The monoisotopic (exact) mass is 163 g/mol. The molecule has 0 fully saturated rings. The average molecular weight is 163 g/mol. The standard InChI is InChI=1S/C10H11O2/c1-2-12-10(8-11)9-6-4-3-5-7-9/h3-7,10H,2H2,1H3/t10-/m1/s1. The number of carbonyl (C=O) groups excluding carboxylic acids is 1. The summed E-state index contributed by atoms with van der Waals surface area (Å²) in [5, 5.41) is 0. The zero-order chi connectivity index (χ0) is 8.81. The lowest BCUT2D eigenvalue weighted by atomic mass is 10.1. The van der Waals surface area contributed by atoms with Crippen molar-refractivity contribution in [3.05, 3.63) is 35.9 Å². The first-order chi connectivity index (χ1) is 5.88. The van der Waals surface area contributed by atoms with Crippen LogP contribution >= 0.6 is 0 Å². The first-order valence-corrected chi connectivity index (χ1v) is 3.92. The SMILES string of the molecule is CCO[C@H]([C]=O)c1ccccc1. The molecule has 2 nitrogen and oxygen atoms in total. The van der Waals surface area contributed by atoms with E-state index in [9.17, 15) is 4.79 Å². The zero-order valence-electron chi connectivity index (χ0n) is 6.99. The summed E-state index contributed by atoms with van der Waals surface area (Å²) in [6.07, 6.45) is 1.32. The fourth-order valence-electron chi connectivity index (χ4n) is 0.993.